The predicted molar refractivity (Wildman–Crippen MR) is 67.8 cm³/mol. The van der Waals surface area contributed by atoms with E-state index in [0.717, 1.165) is 17.7 Å². The van der Waals surface area contributed by atoms with Gasteiger partial charge in [0.2, 0.25) is 0 Å². The molecule has 1 aromatic heterocycles. The highest BCUT2D eigenvalue weighted by Crippen LogP contribution is 2.32. The van der Waals surface area contributed by atoms with Crippen molar-refractivity contribution < 1.29 is 17.9 Å². The molecule has 20 heavy (non-hydrogen) atoms. The zero-order chi connectivity index (χ0) is 14.8. The third-order valence-electron chi connectivity index (χ3n) is 2.57. The molecule has 3 nitrogen and oxygen atoms in total. The minimum absolute atomic E-state index is 0.0179. The van der Waals surface area contributed by atoms with Gasteiger partial charge in [-0.05, 0) is 25.1 Å². The zero-order valence-electron chi connectivity index (χ0n) is 10.4. The summed E-state index contributed by atoms with van der Waals surface area (Å²) in [5.41, 5.74) is 0.573. The van der Waals surface area contributed by atoms with Gasteiger partial charge in [-0.15, -0.1) is 11.6 Å². The summed E-state index contributed by atoms with van der Waals surface area (Å²) in [6, 6.07) is 4.52. The van der Waals surface area contributed by atoms with Gasteiger partial charge in [0.1, 0.15) is 5.75 Å². The summed E-state index contributed by atoms with van der Waals surface area (Å²) in [4.78, 5) is 7.93. The molecule has 0 aliphatic rings. The third kappa shape index (κ3) is 3.39. The second kappa shape index (κ2) is 5.66. The van der Waals surface area contributed by atoms with Gasteiger partial charge >= 0.3 is 12.2 Å². The quantitative estimate of drug-likeness (QED) is 0.791. The summed E-state index contributed by atoms with van der Waals surface area (Å²) < 4.78 is 42.9. The fourth-order valence-corrected chi connectivity index (χ4v) is 1.75. The van der Waals surface area contributed by atoms with Crippen molar-refractivity contribution in [3.05, 3.63) is 47.3 Å². The Morgan fingerprint density at radius 3 is 2.65 bits per heavy atom. The topological polar surface area (TPSA) is 35.0 Å². The van der Waals surface area contributed by atoms with Gasteiger partial charge in [0, 0.05) is 17.5 Å². The van der Waals surface area contributed by atoms with Gasteiger partial charge in [-0.3, -0.25) is 0 Å². The lowest BCUT2D eigenvalue weighted by molar-refractivity contribution is -0.137. The molecule has 106 valence electrons. The predicted octanol–water partition coefficient (Wildman–Crippen LogP) is 4.33. The maximum Gasteiger partial charge on any atom is 0.416 e. The summed E-state index contributed by atoms with van der Waals surface area (Å²) >= 11 is 5.67. The van der Waals surface area contributed by atoms with Crippen LogP contribution in [0.2, 0.25) is 0 Å². The summed E-state index contributed by atoms with van der Waals surface area (Å²) in [7, 11) is 0. The third-order valence-corrected chi connectivity index (χ3v) is 2.86. The van der Waals surface area contributed by atoms with E-state index in [-0.39, 0.29) is 17.6 Å². The van der Waals surface area contributed by atoms with Crippen LogP contribution in [-0.4, -0.2) is 9.97 Å². The van der Waals surface area contributed by atoms with Gasteiger partial charge in [0.05, 0.1) is 11.4 Å². The highest BCUT2D eigenvalue weighted by Gasteiger charge is 2.30. The molecule has 2 aromatic rings. The lowest BCUT2D eigenvalue weighted by Gasteiger charge is -2.09. The molecular formula is C13H10ClF3N2O. The van der Waals surface area contributed by atoms with E-state index in [1.807, 2.05) is 0 Å². The monoisotopic (exact) mass is 302 g/mol. The van der Waals surface area contributed by atoms with Gasteiger partial charge in [-0.1, -0.05) is 6.07 Å². The molecule has 0 bridgehead atoms. The number of hydrogen-bond acceptors (Lipinski definition) is 3. The normalized spacial score (nSPS) is 11.4. The molecule has 0 spiro atoms. The Kier molecular flexibility index (Phi) is 4.13. The first-order chi connectivity index (χ1) is 9.40. The van der Waals surface area contributed by atoms with E-state index in [9.17, 15) is 13.2 Å². The molecule has 0 saturated heterocycles. The molecule has 0 saturated carbocycles. The van der Waals surface area contributed by atoms with E-state index < -0.39 is 11.7 Å². The van der Waals surface area contributed by atoms with Crippen molar-refractivity contribution in [1.82, 2.24) is 9.97 Å². The molecule has 0 radical (unpaired) electrons. The number of rotatable bonds is 3. The van der Waals surface area contributed by atoms with Crippen LogP contribution in [0.15, 0.2) is 30.5 Å². The first-order valence-corrected chi connectivity index (χ1v) is 6.17. The van der Waals surface area contributed by atoms with E-state index in [1.54, 1.807) is 6.92 Å². The summed E-state index contributed by atoms with van der Waals surface area (Å²) in [5.74, 6) is 0.285. The average molecular weight is 303 g/mol. The molecule has 0 aliphatic heterocycles. The summed E-state index contributed by atoms with van der Waals surface area (Å²) in [5, 5.41) is 0. The van der Waals surface area contributed by atoms with Crippen LogP contribution in [0.3, 0.4) is 0 Å². The number of benzene rings is 1. The van der Waals surface area contributed by atoms with Crippen LogP contribution in [0.25, 0.3) is 0 Å². The number of aromatic nitrogens is 2. The van der Waals surface area contributed by atoms with Gasteiger partial charge in [-0.2, -0.15) is 18.2 Å². The van der Waals surface area contributed by atoms with E-state index in [1.165, 1.54) is 18.3 Å². The maximum absolute atomic E-state index is 12.6. The van der Waals surface area contributed by atoms with Crippen molar-refractivity contribution in [2.24, 2.45) is 0 Å². The molecule has 2 rings (SSSR count). The number of nitrogens with zero attached hydrogens (tertiary/aromatic N) is 2. The van der Waals surface area contributed by atoms with Crippen LogP contribution in [-0.2, 0) is 12.1 Å². The molecule has 0 unspecified atom stereocenters. The fraction of sp³-hybridized carbons (Fsp3) is 0.231. The highest BCUT2D eigenvalue weighted by molar-refractivity contribution is 6.17. The SMILES string of the molecule is Cc1nc(Oc2cccc(C(F)(F)F)c2)ncc1CCl. The van der Waals surface area contributed by atoms with E-state index in [2.05, 4.69) is 9.97 Å². The molecule has 0 amide bonds. The number of ether oxygens (including phenoxy) is 1. The number of halogens is 4. The van der Waals surface area contributed by atoms with Gasteiger partial charge in [0.25, 0.3) is 0 Å². The van der Waals surface area contributed by atoms with E-state index in [0.29, 0.717) is 5.69 Å². The molecule has 0 aliphatic carbocycles. The second-order valence-electron chi connectivity index (χ2n) is 4.02. The van der Waals surface area contributed by atoms with E-state index >= 15 is 0 Å². The standard InChI is InChI=1S/C13H10ClF3N2O/c1-8-9(6-14)7-18-12(19-8)20-11-4-2-3-10(5-11)13(15,16)17/h2-5,7H,6H2,1H3. The van der Waals surface area contributed by atoms with Crippen molar-refractivity contribution in [1.29, 1.82) is 0 Å². The van der Waals surface area contributed by atoms with Crippen LogP contribution in [0.1, 0.15) is 16.8 Å². The van der Waals surface area contributed by atoms with Crippen LogP contribution in [0.4, 0.5) is 13.2 Å². The average Bonchev–Trinajstić information content (AvgIpc) is 2.38. The lowest BCUT2D eigenvalue weighted by Crippen LogP contribution is -2.05. The van der Waals surface area contributed by atoms with Gasteiger partial charge in [0.15, 0.2) is 0 Å². The first kappa shape index (κ1) is 14.6. The molecule has 0 N–H and O–H groups in total. The highest BCUT2D eigenvalue weighted by atomic mass is 35.5. The first-order valence-electron chi connectivity index (χ1n) is 5.64. The molecule has 0 atom stereocenters. The van der Waals surface area contributed by atoms with Crippen LogP contribution < -0.4 is 4.74 Å². The van der Waals surface area contributed by atoms with Crippen molar-refractivity contribution in [2.45, 2.75) is 19.0 Å². The van der Waals surface area contributed by atoms with Crippen LogP contribution in [0, 0.1) is 6.92 Å². The molecular weight excluding hydrogens is 293 g/mol. The Morgan fingerprint density at radius 1 is 1.30 bits per heavy atom. The van der Waals surface area contributed by atoms with Gasteiger partial charge in [-0.25, -0.2) is 4.98 Å². The lowest BCUT2D eigenvalue weighted by atomic mass is 10.2. The fourth-order valence-electron chi connectivity index (χ4n) is 1.49. The Hall–Kier alpha value is -1.82. The number of aryl methyl sites for hydroxylation is 1. The van der Waals surface area contributed by atoms with Gasteiger partial charge < -0.3 is 4.74 Å². The Bertz CT molecular complexity index is 617. The molecule has 1 aromatic carbocycles. The Balaban J connectivity index is 2.24. The van der Waals surface area contributed by atoms with E-state index in [4.69, 9.17) is 16.3 Å². The van der Waals surface area contributed by atoms with Crippen molar-refractivity contribution in [2.75, 3.05) is 0 Å². The molecule has 7 heteroatoms. The van der Waals surface area contributed by atoms with Crippen molar-refractivity contribution in [3.8, 4) is 11.8 Å². The Labute approximate surface area is 118 Å². The minimum atomic E-state index is -4.42. The largest absolute Gasteiger partial charge is 0.424 e. The smallest absolute Gasteiger partial charge is 0.416 e. The summed E-state index contributed by atoms with van der Waals surface area (Å²) in [6.07, 6.45) is -2.93. The van der Waals surface area contributed by atoms with Crippen LogP contribution in [0.5, 0.6) is 11.8 Å². The zero-order valence-corrected chi connectivity index (χ0v) is 11.2. The number of hydrogen-bond donors (Lipinski definition) is 0. The molecule has 0 fully saturated rings. The van der Waals surface area contributed by atoms with Crippen molar-refractivity contribution in [3.63, 3.8) is 0 Å². The Morgan fingerprint density at radius 2 is 2.05 bits per heavy atom. The van der Waals surface area contributed by atoms with Crippen molar-refractivity contribution >= 4 is 11.6 Å². The second-order valence-corrected chi connectivity index (χ2v) is 4.29. The number of alkyl halides is 4. The van der Waals surface area contributed by atoms with Crippen LogP contribution >= 0.6 is 11.6 Å². The maximum atomic E-state index is 12.6. The molecule has 1 heterocycles. The minimum Gasteiger partial charge on any atom is -0.424 e. The summed E-state index contributed by atoms with van der Waals surface area (Å²) in [6.45, 7) is 1.72.